The number of hydrogen-bond acceptors (Lipinski definition) is 5. The molecule has 4 N–H and O–H groups in total. The van der Waals surface area contributed by atoms with Gasteiger partial charge in [-0.15, -0.1) is 0 Å². The van der Waals surface area contributed by atoms with E-state index < -0.39 is 0 Å². The number of fused-ring (bicyclic) bond motifs is 1. The van der Waals surface area contributed by atoms with Crippen LogP contribution >= 0.6 is 15.9 Å². The van der Waals surface area contributed by atoms with E-state index in [1.807, 2.05) is 12.1 Å². The number of hydrogen-bond donors (Lipinski definition) is 3. The predicted molar refractivity (Wildman–Crippen MR) is 106 cm³/mol. The fraction of sp³-hybridized carbons (Fsp3) is 0.316. The Morgan fingerprint density at radius 1 is 1.30 bits per heavy atom. The molecule has 2 aromatic heterocycles. The van der Waals surface area contributed by atoms with Gasteiger partial charge in [0, 0.05) is 11.3 Å². The highest BCUT2D eigenvalue weighted by molar-refractivity contribution is 9.10. The van der Waals surface area contributed by atoms with Gasteiger partial charge in [-0.25, -0.2) is 4.98 Å². The number of pyridine rings is 1. The molecule has 8 heteroatoms. The summed E-state index contributed by atoms with van der Waals surface area (Å²) >= 11 is 3.28. The molecule has 0 radical (unpaired) electrons. The summed E-state index contributed by atoms with van der Waals surface area (Å²) in [5, 5.41) is 13.7. The van der Waals surface area contributed by atoms with Crippen LogP contribution in [0.25, 0.3) is 11.1 Å². The summed E-state index contributed by atoms with van der Waals surface area (Å²) in [7, 11) is 0. The average Bonchev–Trinajstić information content (AvgIpc) is 3.05. The summed E-state index contributed by atoms with van der Waals surface area (Å²) in [4.78, 5) is 21.3. The molecule has 0 saturated heterocycles. The van der Waals surface area contributed by atoms with Gasteiger partial charge in [0.2, 0.25) is 0 Å². The van der Waals surface area contributed by atoms with Crippen LogP contribution in [0.4, 0.5) is 11.7 Å². The first-order chi connectivity index (χ1) is 13.0. The van der Waals surface area contributed by atoms with Crippen LogP contribution in [0.5, 0.6) is 0 Å². The van der Waals surface area contributed by atoms with Gasteiger partial charge in [-0.05, 0) is 52.5 Å². The first-order valence-corrected chi connectivity index (χ1v) is 9.57. The van der Waals surface area contributed by atoms with Crippen LogP contribution in [0.3, 0.4) is 0 Å². The number of aliphatic hydroxyl groups excluding tert-OH is 1. The quantitative estimate of drug-likeness (QED) is 0.496. The monoisotopic (exact) mass is 433 g/mol. The number of nitrogens with two attached hydrogens (primary N) is 1. The number of aromatic nitrogens is 2. The van der Waals surface area contributed by atoms with Crippen molar-refractivity contribution in [3.63, 3.8) is 0 Å². The molecule has 0 unspecified atom stereocenters. The first-order valence-electron chi connectivity index (χ1n) is 8.78. The van der Waals surface area contributed by atoms with Crippen molar-refractivity contribution in [1.82, 2.24) is 9.97 Å². The maximum atomic E-state index is 12.6. The van der Waals surface area contributed by atoms with Crippen LogP contribution in [0, 0.1) is 5.92 Å². The number of quaternary nitrogens is 1. The molecular formula is C19H22BrN4O3+. The highest BCUT2D eigenvalue weighted by atomic mass is 79.9. The van der Waals surface area contributed by atoms with E-state index in [-0.39, 0.29) is 12.5 Å². The maximum absolute atomic E-state index is 12.6. The molecule has 3 rings (SSSR count). The molecule has 0 aliphatic heterocycles. The molecular weight excluding hydrogens is 412 g/mol. The minimum absolute atomic E-state index is 0.0402. The minimum atomic E-state index is -0.285. The summed E-state index contributed by atoms with van der Waals surface area (Å²) in [5.74, 6) is 0.0810. The van der Waals surface area contributed by atoms with E-state index in [4.69, 9.17) is 9.52 Å². The fourth-order valence-electron chi connectivity index (χ4n) is 2.79. The van der Waals surface area contributed by atoms with Crippen molar-refractivity contribution >= 4 is 44.6 Å². The third kappa shape index (κ3) is 4.71. The Kier molecular flexibility index (Phi) is 6.20. The number of rotatable bonds is 7. The highest BCUT2D eigenvalue weighted by Gasteiger charge is 2.19. The summed E-state index contributed by atoms with van der Waals surface area (Å²) < 4.78 is 6.50. The van der Waals surface area contributed by atoms with Gasteiger partial charge in [0.05, 0.1) is 6.61 Å². The number of amides is 1. The fourth-order valence-corrected chi connectivity index (χ4v) is 3.13. The molecule has 7 nitrogen and oxygen atoms in total. The van der Waals surface area contributed by atoms with Crippen LogP contribution in [0.15, 0.2) is 39.4 Å². The van der Waals surface area contributed by atoms with Gasteiger partial charge >= 0.3 is 6.01 Å². The van der Waals surface area contributed by atoms with E-state index >= 15 is 0 Å². The lowest BCUT2D eigenvalue weighted by molar-refractivity contribution is -0.589. The first kappa shape index (κ1) is 19.5. The number of anilines is 1. The van der Waals surface area contributed by atoms with E-state index in [1.54, 1.807) is 23.5 Å². The molecule has 27 heavy (non-hydrogen) atoms. The zero-order valence-electron chi connectivity index (χ0n) is 15.2. The normalized spacial score (nSPS) is 11.3. The summed E-state index contributed by atoms with van der Waals surface area (Å²) in [5.41, 5.74) is 3.31. The van der Waals surface area contributed by atoms with Crippen molar-refractivity contribution in [2.75, 3.05) is 18.5 Å². The lowest BCUT2D eigenvalue weighted by Gasteiger charge is -2.13. The van der Waals surface area contributed by atoms with Gasteiger partial charge in [0.15, 0.2) is 5.58 Å². The Morgan fingerprint density at radius 2 is 2.11 bits per heavy atom. The molecule has 0 bridgehead atoms. The van der Waals surface area contributed by atoms with E-state index in [0.717, 1.165) is 17.5 Å². The third-order valence-corrected chi connectivity index (χ3v) is 4.38. The van der Waals surface area contributed by atoms with Crippen molar-refractivity contribution in [3.8, 4) is 0 Å². The largest absolute Gasteiger partial charge is 0.401 e. The molecule has 0 fully saturated rings. The molecule has 0 atom stereocenters. The van der Waals surface area contributed by atoms with E-state index in [0.29, 0.717) is 40.0 Å². The molecule has 0 aliphatic rings. The Morgan fingerprint density at radius 3 is 2.81 bits per heavy atom. The van der Waals surface area contributed by atoms with Crippen LogP contribution in [-0.4, -0.2) is 34.1 Å². The lowest BCUT2D eigenvalue weighted by atomic mass is 10.00. The van der Waals surface area contributed by atoms with Crippen LogP contribution < -0.4 is 10.6 Å². The number of nitrogens with one attached hydrogen (secondary N) is 1. The third-order valence-electron chi connectivity index (χ3n) is 3.93. The second-order valence-electron chi connectivity index (χ2n) is 6.61. The van der Waals surface area contributed by atoms with E-state index in [2.05, 4.69) is 45.1 Å². The van der Waals surface area contributed by atoms with Crippen LogP contribution in [-0.2, 0) is 6.42 Å². The number of carbonyl (C=O) groups is 1. The van der Waals surface area contributed by atoms with Gasteiger partial charge in [-0.2, -0.15) is 4.98 Å². The van der Waals surface area contributed by atoms with Crippen LogP contribution in [0.2, 0.25) is 0 Å². The number of oxazole rings is 1. The van der Waals surface area contributed by atoms with Crippen molar-refractivity contribution in [1.29, 1.82) is 0 Å². The second kappa shape index (κ2) is 8.60. The number of aliphatic hydroxyl groups is 1. The second-order valence-corrected chi connectivity index (χ2v) is 7.42. The molecule has 0 aliphatic carbocycles. The zero-order chi connectivity index (χ0) is 19.4. The highest BCUT2D eigenvalue weighted by Crippen LogP contribution is 2.30. The van der Waals surface area contributed by atoms with Gasteiger partial charge in [-0.3, -0.25) is 10.1 Å². The van der Waals surface area contributed by atoms with E-state index in [9.17, 15) is 4.79 Å². The Bertz CT molecular complexity index is 955. The van der Waals surface area contributed by atoms with Gasteiger partial charge in [-0.1, -0.05) is 19.9 Å². The maximum Gasteiger partial charge on any atom is 0.401 e. The SMILES string of the molecule is CC(C)Cc1c(NC(=O)c2cccc(Br)n2)ccc2nc([NH2+]CCO)oc12. The zero-order valence-corrected chi connectivity index (χ0v) is 16.8. The lowest BCUT2D eigenvalue weighted by Crippen LogP contribution is -2.79. The van der Waals surface area contributed by atoms with Crippen molar-refractivity contribution in [3.05, 3.63) is 46.2 Å². The molecule has 1 aromatic carbocycles. The summed E-state index contributed by atoms with van der Waals surface area (Å²) in [6.07, 6.45) is 0.730. The predicted octanol–water partition coefficient (Wildman–Crippen LogP) is 2.62. The van der Waals surface area contributed by atoms with E-state index in [1.165, 1.54) is 0 Å². The number of nitrogens with zero attached hydrogens (tertiary/aromatic N) is 2. The van der Waals surface area contributed by atoms with Crippen molar-refractivity contribution in [2.45, 2.75) is 20.3 Å². The molecule has 2 heterocycles. The minimum Gasteiger partial charge on any atom is -0.395 e. The smallest absolute Gasteiger partial charge is 0.395 e. The van der Waals surface area contributed by atoms with Crippen molar-refractivity contribution in [2.24, 2.45) is 5.92 Å². The molecule has 0 saturated carbocycles. The van der Waals surface area contributed by atoms with Gasteiger partial charge in [0.1, 0.15) is 22.4 Å². The standard InChI is InChI=1S/C19H21BrN4O3/c1-11(2)10-12-13(23-18(26)15-4-3-5-16(20)22-15)6-7-14-17(12)27-19(24-14)21-8-9-25/h3-7,11,25H,8-10H2,1-2H3,(H,21,24)(H,23,26)/p+1. The molecule has 1 amide bonds. The molecule has 3 aromatic rings. The Hall–Kier alpha value is -2.29. The summed E-state index contributed by atoms with van der Waals surface area (Å²) in [6.45, 7) is 4.73. The van der Waals surface area contributed by atoms with Gasteiger partial charge in [0.25, 0.3) is 5.91 Å². The average molecular weight is 434 g/mol. The number of carbonyl (C=O) groups excluding carboxylic acids is 1. The summed E-state index contributed by atoms with van der Waals surface area (Å²) in [6, 6.07) is 9.34. The van der Waals surface area contributed by atoms with Crippen LogP contribution in [0.1, 0.15) is 29.9 Å². The Balaban J connectivity index is 1.96. The number of benzene rings is 1. The topological polar surface area (TPSA) is 105 Å². The Labute approximate surface area is 165 Å². The van der Waals surface area contributed by atoms with Crippen molar-refractivity contribution < 1.29 is 19.6 Å². The molecule has 142 valence electrons. The number of halogens is 1. The molecule has 0 spiro atoms. The van der Waals surface area contributed by atoms with Gasteiger partial charge < -0.3 is 14.8 Å².